The van der Waals surface area contributed by atoms with Crippen molar-refractivity contribution in [1.82, 2.24) is 15.0 Å². The van der Waals surface area contributed by atoms with Gasteiger partial charge in [-0.3, -0.25) is 0 Å². The van der Waals surface area contributed by atoms with Crippen LogP contribution in [0, 0.1) is 0 Å². The minimum atomic E-state index is 0.221. The molecule has 0 N–H and O–H groups in total. The van der Waals surface area contributed by atoms with Gasteiger partial charge in [0.1, 0.15) is 0 Å². The third-order valence-corrected chi connectivity index (χ3v) is 6.41. The van der Waals surface area contributed by atoms with Crippen molar-refractivity contribution in [3.63, 3.8) is 0 Å². The van der Waals surface area contributed by atoms with Gasteiger partial charge in [-0.05, 0) is 0 Å². The average Bonchev–Trinajstić information content (AvgIpc) is 3.62. The minimum absolute atomic E-state index is 0.221. The molecule has 0 aliphatic carbocycles. The highest BCUT2D eigenvalue weighted by atomic mass is 16.6. The van der Waals surface area contributed by atoms with Gasteiger partial charge in [0.15, 0.2) is 0 Å². The zero-order valence-corrected chi connectivity index (χ0v) is 18.6. The van der Waals surface area contributed by atoms with E-state index in [1.54, 1.807) is 0 Å². The maximum absolute atomic E-state index is 5.52. The molecule has 0 radical (unpaired) electrons. The van der Waals surface area contributed by atoms with Gasteiger partial charge in [-0.25, -0.2) is 0 Å². The van der Waals surface area contributed by atoms with Crippen molar-refractivity contribution in [2.24, 2.45) is 0 Å². The molecule has 0 saturated carbocycles. The maximum Gasteiger partial charge on any atom is 0.232 e. The molecule has 6 unspecified atom stereocenters. The van der Waals surface area contributed by atoms with E-state index in [2.05, 4.69) is 14.7 Å². The number of rotatable bonds is 15. The second-order valence-electron chi connectivity index (χ2n) is 9.68. The van der Waals surface area contributed by atoms with Crippen molar-refractivity contribution in [3.05, 3.63) is 0 Å². The van der Waals surface area contributed by atoms with E-state index in [-0.39, 0.29) is 36.6 Å². The van der Waals surface area contributed by atoms with Crippen molar-refractivity contribution in [1.29, 1.82) is 0 Å². The Morgan fingerprint density at radius 2 is 0.606 bits per heavy atom. The van der Waals surface area contributed by atoms with Crippen molar-refractivity contribution in [2.75, 3.05) is 93.6 Å². The first-order valence-electron chi connectivity index (χ1n) is 12.0. The molecule has 180 valence electrons. The third-order valence-electron chi connectivity index (χ3n) is 6.41. The quantitative estimate of drug-likeness (QED) is 0.287. The zero-order valence-electron chi connectivity index (χ0n) is 18.6. The monoisotopic (exact) mass is 462 g/mol. The van der Waals surface area contributed by atoms with E-state index in [1.807, 2.05) is 0 Å². The Morgan fingerprint density at radius 1 is 0.424 bits per heavy atom. The summed E-state index contributed by atoms with van der Waals surface area (Å²) in [6.45, 7) is 9.16. The molecule has 1 aromatic rings. The smallest absolute Gasteiger partial charge is 0.232 e. The summed E-state index contributed by atoms with van der Waals surface area (Å²) in [5, 5.41) is 0. The van der Waals surface area contributed by atoms with Gasteiger partial charge in [-0.1, -0.05) is 0 Å². The largest absolute Gasteiger partial charge is 0.371 e. The topological polar surface area (TPSA) is 124 Å². The molecule has 0 aromatic carbocycles. The summed E-state index contributed by atoms with van der Waals surface area (Å²) >= 11 is 0. The zero-order chi connectivity index (χ0) is 21.8. The Balaban J connectivity index is 1.22. The van der Waals surface area contributed by atoms with Gasteiger partial charge in [0.2, 0.25) is 17.8 Å². The SMILES string of the molecule is C1OC1CN(CC1CO1)c1nc(N(CC2CO2)CC2CO2)nc(N(CC2CO2)CC2CO2)n1. The first-order valence-corrected chi connectivity index (χ1v) is 12.0. The Labute approximate surface area is 192 Å². The fourth-order valence-electron chi connectivity index (χ4n) is 4.00. The van der Waals surface area contributed by atoms with Crippen molar-refractivity contribution >= 4 is 17.8 Å². The standard InChI is InChI=1S/C21H30N6O6/c1(13-7-28-13)25(2-14-8-29-14)19-22-20(26(3-15-9-30-15)4-16-10-31-16)24-21(23-19)27(5-17-11-32-17)6-18-12-33-18/h13-18H,1-12H2. The van der Waals surface area contributed by atoms with Crippen LogP contribution in [0.2, 0.25) is 0 Å². The van der Waals surface area contributed by atoms with Gasteiger partial charge < -0.3 is 43.1 Å². The number of nitrogens with zero attached hydrogens (tertiary/aromatic N) is 6. The lowest BCUT2D eigenvalue weighted by Gasteiger charge is -2.28. The molecule has 6 saturated heterocycles. The van der Waals surface area contributed by atoms with Crippen LogP contribution in [-0.4, -0.2) is 130 Å². The van der Waals surface area contributed by atoms with Crippen LogP contribution in [0.4, 0.5) is 17.8 Å². The van der Waals surface area contributed by atoms with E-state index in [1.165, 1.54) is 0 Å². The summed E-state index contributed by atoms with van der Waals surface area (Å²) in [4.78, 5) is 21.4. The van der Waals surface area contributed by atoms with Gasteiger partial charge in [-0.2, -0.15) is 15.0 Å². The van der Waals surface area contributed by atoms with Crippen LogP contribution < -0.4 is 14.7 Å². The van der Waals surface area contributed by atoms with Gasteiger partial charge >= 0.3 is 0 Å². The number of epoxide rings is 6. The fraction of sp³-hybridized carbons (Fsp3) is 0.857. The maximum atomic E-state index is 5.52. The highest BCUT2D eigenvalue weighted by molar-refractivity contribution is 5.48. The molecule has 6 atom stereocenters. The average molecular weight is 463 g/mol. The Bertz CT molecular complexity index is 692. The number of ether oxygens (including phenoxy) is 6. The predicted octanol–water partition coefficient (Wildman–Crippen LogP) is -1.32. The summed E-state index contributed by atoms with van der Waals surface area (Å²) in [5.74, 6) is 1.99. The molecule has 1 aromatic heterocycles. The predicted molar refractivity (Wildman–Crippen MR) is 115 cm³/mol. The van der Waals surface area contributed by atoms with Gasteiger partial charge in [-0.15, -0.1) is 0 Å². The van der Waals surface area contributed by atoms with Gasteiger partial charge in [0.25, 0.3) is 0 Å². The van der Waals surface area contributed by atoms with Crippen LogP contribution in [0.3, 0.4) is 0 Å². The summed E-state index contributed by atoms with van der Waals surface area (Å²) < 4.78 is 33.1. The van der Waals surface area contributed by atoms with Crippen LogP contribution in [0.1, 0.15) is 0 Å². The molecule has 0 spiro atoms. The summed E-state index contributed by atoms with van der Waals surface area (Å²) in [6.07, 6.45) is 1.33. The Hall–Kier alpha value is -1.83. The molecule has 12 nitrogen and oxygen atoms in total. The molecule has 33 heavy (non-hydrogen) atoms. The van der Waals surface area contributed by atoms with E-state index in [0.717, 1.165) is 78.9 Å². The lowest BCUT2D eigenvalue weighted by molar-refractivity contribution is 0.384. The lowest BCUT2D eigenvalue weighted by Crippen LogP contribution is -2.38. The van der Waals surface area contributed by atoms with Crippen LogP contribution in [0.15, 0.2) is 0 Å². The normalized spacial score (nSPS) is 34.5. The molecule has 6 fully saturated rings. The number of hydrogen-bond donors (Lipinski definition) is 0. The number of anilines is 3. The second-order valence-corrected chi connectivity index (χ2v) is 9.68. The molecule has 0 bridgehead atoms. The third kappa shape index (κ3) is 5.81. The summed E-state index contributed by atoms with van der Waals surface area (Å²) in [7, 11) is 0. The first kappa shape index (κ1) is 20.5. The van der Waals surface area contributed by atoms with Gasteiger partial charge in [0.05, 0.1) is 76.3 Å². The van der Waals surface area contributed by atoms with Crippen LogP contribution in [-0.2, 0) is 28.4 Å². The van der Waals surface area contributed by atoms with Crippen molar-refractivity contribution in [3.8, 4) is 0 Å². The van der Waals surface area contributed by atoms with E-state index >= 15 is 0 Å². The molecule has 0 amide bonds. The molecule has 12 heteroatoms. The van der Waals surface area contributed by atoms with Crippen LogP contribution in [0.5, 0.6) is 0 Å². The highest BCUT2D eigenvalue weighted by Crippen LogP contribution is 2.28. The summed E-state index contributed by atoms with van der Waals surface area (Å²) in [6, 6.07) is 0. The summed E-state index contributed by atoms with van der Waals surface area (Å²) in [5.41, 5.74) is 0. The van der Waals surface area contributed by atoms with E-state index < -0.39 is 0 Å². The van der Waals surface area contributed by atoms with Crippen molar-refractivity contribution < 1.29 is 28.4 Å². The molecule has 6 aliphatic rings. The highest BCUT2D eigenvalue weighted by Gasteiger charge is 2.37. The second kappa shape index (κ2) is 8.43. The molecule has 6 aliphatic heterocycles. The molecular weight excluding hydrogens is 432 g/mol. The van der Waals surface area contributed by atoms with Gasteiger partial charge in [0, 0.05) is 39.3 Å². The van der Waals surface area contributed by atoms with Crippen molar-refractivity contribution in [2.45, 2.75) is 36.6 Å². The van der Waals surface area contributed by atoms with E-state index in [9.17, 15) is 0 Å². The Morgan fingerprint density at radius 3 is 0.758 bits per heavy atom. The molecular formula is C21H30N6O6. The minimum Gasteiger partial charge on any atom is -0.371 e. The fourth-order valence-corrected chi connectivity index (χ4v) is 4.00. The van der Waals surface area contributed by atoms with Crippen LogP contribution in [0.25, 0.3) is 0 Å². The van der Waals surface area contributed by atoms with E-state index in [0.29, 0.717) is 17.8 Å². The number of aromatic nitrogens is 3. The molecule has 7 rings (SSSR count). The number of hydrogen-bond acceptors (Lipinski definition) is 12. The Kier molecular flexibility index (Phi) is 5.25. The lowest BCUT2D eigenvalue weighted by atomic mass is 10.3. The van der Waals surface area contributed by atoms with Crippen LogP contribution >= 0.6 is 0 Å². The first-order chi connectivity index (χ1) is 16.2. The molecule has 7 heterocycles. The van der Waals surface area contributed by atoms with E-state index in [4.69, 9.17) is 43.4 Å².